The zero-order valence-electron chi connectivity index (χ0n) is 7.29. The maximum absolute atomic E-state index is 2.07. The topological polar surface area (TPSA) is 0 Å². The Morgan fingerprint density at radius 3 is 1.17 bits per heavy atom. The molecule has 4 heteroatoms. The van der Waals surface area contributed by atoms with Gasteiger partial charge in [0.15, 0.2) is 0 Å². The van der Waals surface area contributed by atoms with E-state index in [1.165, 1.54) is 46.0 Å². The maximum atomic E-state index is 2.07. The molecule has 2 rings (SSSR count). The van der Waals surface area contributed by atoms with Crippen molar-refractivity contribution in [1.29, 1.82) is 0 Å². The second kappa shape index (κ2) is 8.97. The monoisotopic (exact) mass is 240 g/mol. The third kappa shape index (κ3) is 6.87. The molecule has 2 fully saturated rings. The van der Waals surface area contributed by atoms with Gasteiger partial charge in [-0.1, -0.05) is 0 Å². The molecule has 0 bridgehead atoms. The van der Waals surface area contributed by atoms with Crippen LogP contribution < -0.4 is 0 Å². The van der Waals surface area contributed by atoms with Crippen molar-refractivity contribution >= 4 is 47.0 Å². The van der Waals surface area contributed by atoms with Gasteiger partial charge in [-0.25, -0.2) is 0 Å². The smallest absolute Gasteiger partial charge is 0.0392 e. The molecule has 0 unspecified atom stereocenters. The van der Waals surface area contributed by atoms with Gasteiger partial charge in [0.25, 0.3) is 0 Å². The number of thioether (sulfide) groups is 4. The van der Waals surface area contributed by atoms with Gasteiger partial charge in [-0.15, -0.1) is 0 Å². The molecule has 0 saturated carbocycles. The molecule has 0 nitrogen and oxygen atoms in total. The predicted molar refractivity (Wildman–Crippen MR) is 69.1 cm³/mol. The Labute approximate surface area is 92.8 Å². The minimum Gasteiger partial charge on any atom is -0.160 e. The summed E-state index contributed by atoms with van der Waals surface area (Å²) in [6.07, 6.45) is 1.43. The first-order valence-corrected chi connectivity index (χ1v) is 8.93. The quantitative estimate of drug-likeness (QED) is 0.637. The van der Waals surface area contributed by atoms with E-state index in [-0.39, 0.29) is 0 Å². The van der Waals surface area contributed by atoms with E-state index < -0.39 is 0 Å². The molecular formula is C8H16S4. The average molecular weight is 240 g/mol. The minimum atomic E-state index is 1.33. The molecule has 2 heterocycles. The highest BCUT2D eigenvalue weighted by molar-refractivity contribution is 8.16. The van der Waals surface area contributed by atoms with Crippen LogP contribution in [0.25, 0.3) is 0 Å². The van der Waals surface area contributed by atoms with Crippen molar-refractivity contribution in [3.8, 4) is 0 Å². The number of rotatable bonds is 0. The molecule has 0 aromatic carbocycles. The molecule has 0 radical (unpaired) electrons. The van der Waals surface area contributed by atoms with Crippen molar-refractivity contribution in [3.63, 3.8) is 0 Å². The van der Waals surface area contributed by atoms with Crippen LogP contribution in [0.2, 0.25) is 0 Å². The van der Waals surface area contributed by atoms with E-state index in [0.717, 1.165) is 0 Å². The summed E-state index contributed by atoms with van der Waals surface area (Å²) >= 11 is 8.26. The highest BCUT2D eigenvalue weighted by atomic mass is 32.2. The lowest BCUT2D eigenvalue weighted by molar-refractivity contribution is 1.12. The highest BCUT2D eigenvalue weighted by Gasteiger charge is 1.96. The molecule has 2 saturated heterocycles. The van der Waals surface area contributed by atoms with Gasteiger partial charge >= 0.3 is 0 Å². The average Bonchev–Trinajstić information content (AvgIpc) is 2.24. The van der Waals surface area contributed by atoms with E-state index in [1.54, 1.807) is 0 Å². The van der Waals surface area contributed by atoms with Crippen molar-refractivity contribution in [2.45, 2.75) is 6.42 Å². The van der Waals surface area contributed by atoms with E-state index in [1.807, 2.05) is 0 Å². The van der Waals surface area contributed by atoms with Crippen LogP contribution in [0.1, 0.15) is 6.42 Å². The zero-order chi connectivity index (χ0) is 8.49. The summed E-state index contributed by atoms with van der Waals surface area (Å²) in [7, 11) is 0. The van der Waals surface area contributed by atoms with Crippen LogP contribution in [0.15, 0.2) is 0 Å². The van der Waals surface area contributed by atoms with E-state index in [2.05, 4.69) is 47.0 Å². The Morgan fingerprint density at radius 1 is 0.500 bits per heavy atom. The van der Waals surface area contributed by atoms with Crippen molar-refractivity contribution in [1.82, 2.24) is 0 Å². The Hall–Kier alpha value is 1.40. The highest BCUT2D eigenvalue weighted by Crippen LogP contribution is 2.19. The summed E-state index contributed by atoms with van der Waals surface area (Å²) in [6, 6.07) is 0. The lowest BCUT2D eigenvalue weighted by Gasteiger charge is -2.05. The number of hydrogen-bond donors (Lipinski definition) is 0. The molecule has 0 aromatic rings. The molecule has 0 spiro atoms. The summed E-state index contributed by atoms with van der Waals surface area (Å²) in [4.78, 5) is 0. The Kier molecular flexibility index (Phi) is 8.58. The molecule has 0 N–H and O–H groups in total. The summed E-state index contributed by atoms with van der Waals surface area (Å²) in [5.41, 5.74) is 0. The van der Waals surface area contributed by atoms with E-state index >= 15 is 0 Å². The lowest BCUT2D eigenvalue weighted by atomic mass is 10.6. The molecule has 72 valence electrons. The molecular weight excluding hydrogens is 224 g/mol. The van der Waals surface area contributed by atoms with Crippen LogP contribution in [-0.2, 0) is 0 Å². The summed E-state index contributed by atoms with van der Waals surface area (Å²) in [5, 5.41) is 1.33. The van der Waals surface area contributed by atoms with Gasteiger partial charge in [-0.2, -0.15) is 47.0 Å². The first-order chi connectivity index (χ1) is 6.00. The lowest BCUT2D eigenvalue weighted by Crippen LogP contribution is -1.97. The molecule has 0 aliphatic carbocycles. The van der Waals surface area contributed by atoms with Crippen molar-refractivity contribution < 1.29 is 0 Å². The van der Waals surface area contributed by atoms with E-state index in [0.29, 0.717) is 0 Å². The fraction of sp³-hybridized carbons (Fsp3) is 1.00. The molecule has 2 aliphatic heterocycles. The van der Waals surface area contributed by atoms with Crippen LogP contribution in [0.4, 0.5) is 0 Å². The first-order valence-electron chi connectivity index (χ1n) is 4.31. The fourth-order valence-electron chi connectivity index (χ4n) is 0.880. The van der Waals surface area contributed by atoms with Gasteiger partial charge in [0.1, 0.15) is 0 Å². The van der Waals surface area contributed by atoms with Crippen LogP contribution in [0, 0.1) is 0 Å². The van der Waals surface area contributed by atoms with Crippen LogP contribution in [0.3, 0.4) is 0 Å². The second-order valence-corrected chi connectivity index (χ2v) is 7.54. The predicted octanol–water partition coefficient (Wildman–Crippen LogP) is 3.28. The zero-order valence-corrected chi connectivity index (χ0v) is 10.6. The molecule has 0 aromatic heterocycles. The van der Waals surface area contributed by atoms with Gasteiger partial charge in [-0.3, -0.25) is 0 Å². The minimum absolute atomic E-state index is 1.33. The van der Waals surface area contributed by atoms with Crippen molar-refractivity contribution in [2.75, 3.05) is 39.6 Å². The molecule has 0 amide bonds. The summed E-state index contributed by atoms with van der Waals surface area (Å²) in [5.74, 6) is 8.31. The van der Waals surface area contributed by atoms with Gasteiger partial charge in [-0.05, 0) is 17.9 Å². The van der Waals surface area contributed by atoms with Gasteiger partial charge in [0.2, 0.25) is 0 Å². The molecule has 2 aliphatic rings. The van der Waals surface area contributed by atoms with Gasteiger partial charge < -0.3 is 0 Å². The number of hydrogen-bond acceptors (Lipinski definition) is 4. The Morgan fingerprint density at radius 2 is 1.00 bits per heavy atom. The van der Waals surface area contributed by atoms with Crippen LogP contribution >= 0.6 is 47.0 Å². The fourth-order valence-corrected chi connectivity index (χ4v) is 5.47. The molecule has 12 heavy (non-hydrogen) atoms. The maximum Gasteiger partial charge on any atom is 0.0392 e. The summed E-state index contributed by atoms with van der Waals surface area (Å²) in [6.45, 7) is 0. The van der Waals surface area contributed by atoms with Gasteiger partial charge in [0, 0.05) is 28.1 Å². The van der Waals surface area contributed by atoms with Crippen molar-refractivity contribution in [3.05, 3.63) is 0 Å². The SMILES string of the molecule is C1CSCCS1.C1CSCSC1. The third-order valence-corrected chi connectivity index (χ3v) is 6.46. The molecule has 0 atom stereocenters. The van der Waals surface area contributed by atoms with Gasteiger partial charge in [0.05, 0.1) is 0 Å². The second-order valence-electron chi connectivity index (χ2n) is 2.51. The normalized spacial score (nSPS) is 24.0. The Bertz CT molecular complexity index is 54.0. The third-order valence-electron chi connectivity index (χ3n) is 1.49. The first kappa shape index (κ1) is 11.5. The van der Waals surface area contributed by atoms with Crippen molar-refractivity contribution in [2.24, 2.45) is 0 Å². The van der Waals surface area contributed by atoms with E-state index in [9.17, 15) is 0 Å². The van der Waals surface area contributed by atoms with Crippen LogP contribution in [0.5, 0.6) is 0 Å². The standard InChI is InChI=1S/2C4H8S2/c1-2-6-4-3-5-1;1-2-5-4-6-3-1/h2*1-4H2. The summed E-state index contributed by atoms with van der Waals surface area (Å²) < 4.78 is 0. The van der Waals surface area contributed by atoms with Crippen LogP contribution in [-0.4, -0.2) is 39.6 Å². The largest absolute Gasteiger partial charge is 0.160 e. The van der Waals surface area contributed by atoms with E-state index in [4.69, 9.17) is 0 Å². The Balaban J connectivity index is 0.000000120.